The maximum Gasteiger partial charge on any atom is 0.341 e. The number of rotatable bonds is 8. The van der Waals surface area contributed by atoms with E-state index in [0.29, 0.717) is 5.56 Å². The number of thiophene rings is 1. The molecular formula is C22H28N4O5S. The molecule has 10 heteroatoms. The number of hydrogen-bond donors (Lipinski definition) is 2. The molecule has 1 aromatic carbocycles. The molecule has 0 spiro atoms. The van der Waals surface area contributed by atoms with Gasteiger partial charge in [-0.25, -0.2) is 4.79 Å². The number of primary amides is 1. The fraction of sp³-hybridized carbons (Fsp3) is 0.409. The van der Waals surface area contributed by atoms with Gasteiger partial charge in [-0.2, -0.15) is 0 Å². The number of carbonyl (C=O) groups excluding carboxylic acids is 3. The quantitative estimate of drug-likeness (QED) is 0.580. The summed E-state index contributed by atoms with van der Waals surface area (Å²) < 4.78 is 10.3. The minimum absolute atomic E-state index is 0.182. The van der Waals surface area contributed by atoms with E-state index < -0.39 is 11.9 Å². The molecule has 172 valence electrons. The highest BCUT2D eigenvalue weighted by molar-refractivity contribution is 7.18. The summed E-state index contributed by atoms with van der Waals surface area (Å²) in [7, 11) is 1.64. The van der Waals surface area contributed by atoms with E-state index in [1.54, 1.807) is 21.0 Å². The monoisotopic (exact) mass is 460 g/mol. The first-order chi connectivity index (χ1) is 15.3. The molecule has 2 aromatic rings. The molecule has 1 aliphatic heterocycles. The van der Waals surface area contributed by atoms with Crippen LogP contribution in [-0.2, 0) is 9.53 Å². The molecule has 0 bridgehead atoms. The molecular weight excluding hydrogens is 432 g/mol. The predicted molar refractivity (Wildman–Crippen MR) is 124 cm³/mol. The number of hydrogen-bond acceptors (Lipinski definition) is 8. The van der Waals surface area contributed by atoms with Crippen LogP contribution in [0.1, 0.15) is 32.5 Å². The molecule has 3 N–H and O–H groups in total. The predicted octanol–water partition coefficient (Wildman–Crippen LogP) is 2.10. The standard InChI is InChI=1S/C22H28N4O5S/c1-4-31-22(29)18-14(2)19(20(23)28)32-21(18)24-17(27)13-25-9-11-26(12-10-25)15-5-7-16(30-3)8-6-15/h5-8H,4,9-13H2,1-3H3,(H2,23,28)(H,24,27). The van der Waals surface area contributed by atoms with Gasteiger partial charge in [0.05, 0.1) is 30.7 Å². The lowest BCUT2D eigenvalue weighted by Crippen LogP contribution is -2.48. The van der Waals surface area contributed by atoms with Crippen LogP contribution in [0.2, 0.25) is 0 Å². The highest BCUT2D eigenvalue weighted by atomic mass is 32.1. The number of esters is 1. The van der Waals surface area contributed by atoms with Crippen LogP contribution in [0, 0.1) is 6.92 Å². The number of carbonyl (C=O) groups is 3. The van der Waals surface area contributed by atoms with Crippen molar-refractivity contribution >= 4 is 39.8 Å². The number of benzene rings is 1. The van der Waals surface area contributed by atoms with Crippen LogP contribution in [0.5, 0.6) is 5.75 Å². The van der Waals surface area contributed by atoms with Crippen molar-refractivity contribution < 1.29 is 23.9 Å². The summed E-state index contributed by atoms with van der Waals surface area (Å²) in [6.07, 6.45) is 0. The van der Waals surface area contributed by atoms with E-state index in [1.165, 1.54) is 0 Å². The largest absolute Gasteiger partial charge is 0.497 e. The van der Waals surface area contributed by atoms with Gasteiger partial charge in [0.2, 0.25) is 5.91 Å². The highest BCUT2D eigenvalue weighted by Crippen LogP contribution is 2.33. The van der Waals surface area contributed by atoms with Crippen molar-refractivity contribution in [3.05, 3.63) is 40.3 Å². The van der Waals surface area contributed by atoms with Gasteiger partial charge in [0.25, 0.3) is 5.91 Å². The summed E-state index contributed by atoms with van der Waals surface area (Å²) >= 11 is 0.995. The molecule has 0 unspecified atom stereocenters. The Morgan fingerprint density at radius 3 is 2.34 bits per heavy atom. The van der Waals surface area contributed by atoms with Crippen molar-refractivity contribution in [1.82, 2.24) is 4.90 Å². The van der Waals surface area contributed by atoms with Crippen molar-refractivity contribution in [2.45, 2.75) is 13.8 Å². The third-order valence-electron chi connectivity index (χ3n) is 5.28. The Balaban J connectivity index is 1.61. The fourth-order valence-electron chi connectivity index (χ4n) is 3.61. The Morgan fingerprint density at radius 2 is 1.78 bits per heavy atom. The molecule has 1 aromatic heterocycles. The topological polar surface area (TPSA) is 114 Å². The van der Waals surface area contributed by atoms with Crippen LogP contribution in [0.3, 0.4) is 0 Å². The number of piperazine rings is 1. The molecule has 9 nitrogen and oxygen atoms in total. The van der Waals surface area contributed by atoms with E-state index in [9.17, 15) is 14.4 Å². The molecule has 2 amide bonds. The van der Waals surface area contributed by atoms with Gasteiger partial charge in [-0.3, -0.25) is 14.5 Å². The van der Waals surface area contributed by atoms with Gasteiger partial charge in [-0.1, -0.05) is 0 Å². The maximum absolute atomic E-state index is 12.7. The number of ether oxygens (including phenoxy) is 2. The summed E-state index contributed by atoms with van der Waals surface area (Å²) in [5.74, 6) is -0.675. The van der Waals surface area contributed by atoms with Gasteiger partial charge in [0, 0.05) is 31.9 Å². The second kappa shape index (κ2) is 10.5. The summed E-state index contributed by atoms with van der Waals surface area (Å²) in [6.45, 7) is 6.71. The van der Waals surface area contributed by atoms with E-state index >= 15 is 0 Å². The first-order valence-electron chi connectivity index (χ1n) is 10.4. The van der Waals surface area contributed by atoms with Crippen LogP contribution in [0.4, 0.5) is 10.7 Å². The molecule has 1 fully saturated rings. The third-order valence-corrected chi connectivity index (χ3v) is 6.50. The van der Waals surface area contributed by atoms with Gasteiger partial charge < -0.3 is 25.4 Å². The summed E-state index contributed by atoms with van der Waals surface area (Å²) in [4.78, 5) is 41.3. The van der Waals surface area contributed by atoms with E-state index in [0.717, 1.165) is 49.0 Å². The van der Waals surface area contributed by atoms with Crippen molar-refractivity contribution in [1.29, 1.82) is 0 Å². The number of methoxy groups -OCH3 is 1. The number of nitrogens with one attached hydrogen (secondary N) is 1. The zero-order chi connectivity index (χ0) is 23.3. The van der Waals surface area contributed by atoms with Gasteiger partial charge in [-0.15, -0.1) is 11.3 Å². The van der Waals surface area contributed by atoms with E-state index in [2.05, 4.69) is 15.1 Å². The minimum atomic E-state index is -0.645. The smallest absolute Gasteiger partial charge is 0.341 e. The highest BCUT2D eigenvalue weighted by Gasteiger charge is 2.26. The Morgan fingerprint density at radius 1 is 1.12 bits per heavy atom. The lowest BCUT2D eigenvalue weighted by molar-refractivity contribution is -0.117. The van der Waals surface area contributed by atoms with Crippen molar-refractivity contribution in [2.24, 2.45) is 5.73 Å². The van der Waals surface area contributed by atoms with Crippen LogP contribution >= 0.6 is 11.3 Å². The number of nitrogens with zero attached hydrogens (tertiary/aromatic N) is 2. The lowest BCUT2D eigenvalue weighted by atomic mass is 10.1. The zero-order valence-electron chi connectivity index (χ0n) is 18.5. The normalized spacial score (nSPS) is 14.2. The Labute approximate surface area is 191 Å². The van der Waals surface area contributed by atoms with Crippen LogP contribution in [0.25, 0.3) is 0 Å². The minimum Gasteiger partial charge on any atom is -0.497 e. The Hall–Kier alpha value is -3.11. The van der Waals surface area contributed by atoms with E-state index in [-0.39, 0.29) is 34.5 Å². The number of anilines is 2. The van der Waals surface area contributed by atoms with Crippen molar-refractivity contribution in [2.75, 3.05) is 56.7 Å². The molecule has 0 atom stereocenters. The second-order valence-corrected chi connectivity index (χ2v) is 8.38. The van der Waals surface area contributed by atoms with Crippen molar-refractivity contribution in [3.63, 3.8) is 0 Å². The van der Waals surface area contributed by atoms with Gasteiger partial charge in [-0.05, 0) is 43.7 Å². The van der Waals surface area contributed by atoms with E-state index in [1.807, 2.05) is 24.3 Å². The van der Waals surface area contributed by atoms with Crippen LogP contribution in [-0.4, -0.2) is 69.1 Å². The average molecular weight is 461 g/mol. The summed E-state index contributed by atoms with van der Waals surface area (Å²) in [5.41, 5.74) is 7.13. The molecule has 3 rings (SSSR count). The number of nitrogens with two attached hydrogens (primary N) is 1. The molecule has 0 aliphatic carbocycles. The molecule has 1 aliphatic rings. The SMILES string of the molecule is CCOC(=O)c1c(NC(=O)CN2CCN(c3ccc(OC)cc3)CC2)sc(C(N)=O)c1C. The van der Waals surface area contributed by atoms with Crippen molar-refractivity contribution in [3.8, 4) is 5.75 Å². The van der Waals surface area contributed by atoms with E-state index in [4.69, 9.17) is 15.2 Å². The molecule has 0 saturated carbocycles. The first kappa shape index (κ1) is 23.6. The summed E-state index contributed by atoms with van der Waals surface area (Å²) in [6, 6.07) is 7.90. The van der Waals surface area contributed by atoms with Crippen LogP contribution in [0.15, 0.2) is 24.3 Å². The Kier molecular flexibility index (Phi) is 7.70. The molecule has 32 heavy (non-hydrogen) atoms. The Bertz CT molecular complexity index is 981. The average Bonchev–Trinajstić information content (AvgIpc) is 3.10. The lowest BCUT2D eigenvalue weighted by Gasteiger charge is -2.35. The maximum atomic E-state index is 12.7. The molecule has 1 saturated heterocycles. The second-order valence-electron chi connectivity index (χ2n) is 7.35. The zero-order valence-corrected chi connectivity index (χ0v) is 19.3. The summed E-state index contributed by atoms with van der Waals surface area (Å²) in [5, 5.41) is 3.06. The first-order valence-corrected chi connectivity index (χ1v) is 11.2. The van der Waals surface area contributed by atoms with Gasteiger partial charge in [0.1, 0.15) is 10.8 Å². The third kappa shape index (κ3) is 5.38. The number of amides is 2. The van der Waals surface area contributed by atoms with Crippen LogP contribution < -0.4 is 20.7 Å². The molecule has 2 heterocycles. The molecule has 0 radical (unpaired) electrons. The fourth-order valence-corrected chi connectivity index (χ4v) is 4.68. The van der Waals surface area contributed by atoms with Gasteiger partial charge >= 0.3 is 5.97 Å². The van der Waals surface area contributed by atoms with Gasteiger partial charge in [0.15, 0.2) is 0 Å².